The first kappa shape index (κ1) is 28.0. The Kier molecular flexibility index (Phi) is 10.4. The fraction of sp³-hybridized carbons (Fsp3) is 0.500. The van der Waals surface area contributed by atoms with Gasteiger partial charge in [-0.05, 0) is 56.9 Å². The Balaban J connectivity index is 2.20. The van der Waals surface area contributed by atoms with Gasteiger partial charge in [-0.3, -0.25) is 9.59 Å². The van der Waals surface area contributed by atoms with Crippen molar-refractivity contribution in [3.8, 4) is 5.88 Å². The van der Waals surface area contributed by atoms with E-state index in [9.17, 15) is 22.8 Å². The number of unbranched alkanes of at least 4 members (excludes halogenated alkanes) is 2. The predicted octanol–water partition coefficient (Wildman–Crippen LogP) is 4.53. The van der Waals surface area contributed by atoms with Gasteiger partial charge in [-0.25, -0.2) is 9.97 Å². The normalized spacial score (nSPS) is 12.2. The molecule has 1 atom stereocenters. The van der Waals surface area contributed by atoms with E-state index in [2.05, 4.69) is 20.6 Å². The summed E-state index contributed by atoms with van der Waals surface area (Å²) in [6.45, 7) is 4.06. The van der Waals surface area contributed by atoms with E-state index in [1.165, 1.54) is 19.1 Å². The van der Waals surface area contributed by atoms with Gasteiger partial charge in [0.15, 0.2) is 6.61 Å². The van der Waals surface area contributed by atoms with Gasteiger partial charge >= 0.3 is 6.18 Å². The zero-order valence-corrected chi connectivity index (χ0v) is 20.3. The summed E-state index contributed by atoms with van der Waals surface area (Å²) in [7, 11) is 1.61. The lowest BCUT2D eigenvalue weighted by Crippen LogP contribution is -2.28. The molecule has 0 radical (unpaired) electrons. The average Bonchev–Trinajstić information content (AvgIpc) is 2.76. The summed E-state index contributed by atoms with van der Waals surface area (Å²) in [5.74, 6) is -0.503. The number of hydrogen-bond donors (Lipinski definition) is 2. The number of nitrogens with zero attached hydrogens (tertiary/aromatic N) is 2. The molecular weight excluding hydrogens is 465 g/mol. The van der Waals surface area contributed by atoms with Crippen LogP contribution >= 0.6 is 0 Å². The number of nitrogens with one attached hydrogen (secondary N) is 2. The highest BCUT2D eigenvalue weighted by molar-refractivity contribution is 5.95. The number of carbonyl (C=O) groups excluding carboxylic acids is 2. The highest BCUT2D eigenvalue weighted by Crippen LogP contribution is 2.22. The largest absolute Gasteiger partial charge is 0.468 e. The van der Waals surface area contributed by atoms with Gasteiger partial charge in [0.05, 0.1) is 17.3 Å². The number of amides is 2. The van der Waals surface area contributed by atoms with Crippen LogP contribution in [0, 0.1) is 6.92 Å². The van der Waals surface area contributed by atoms with Crippen molar-refractivity contribution in [1.29, 1.82) is 0 Å². The molecule has 0 fully saturated rings. The van der Waals surface area contributed by atoms with E-state index in [-0.39, 0.29) is 17.4 Å². The number of alkyl halides is 3. The minimum atomic E-state index is -4.49. The molecule has 192 valence electrons. The molecule has 0 aliphatic carbocycles. The van der Waals surface area contributed by atoms with E-state index in [0.29, 0.717) is 36.7 Å². The standard InChI is InChI=1S/C24H31F3N4O4/c1-15-12-18(13-21(28-15)30-17(3)32)16(2)29-23(33)19-9-10-22(35-14-24(25,26)27)31-20(19)8-6-5-7-11-34-4/h9-10,12-13,16H,5-8,11,14H2,1-4H3,(H,29,33)(H,28,30,32). The number of rotatable bonds is 12. The molecule has 0 aliphatic rings. The lowest BCUT2D eigenvalue weighted by molar-refractivity contribution is -0.154. The Morgan fingerprint density at radius 3 is 2.51 bits per heavy atom. The molecule has 2 aromatic heterocycles. The van der Waals surface area contributed by atoms with Gasteiger partial charge in [-0.15, -0.1) is 0 Å². The van der Waals surface area contributed by atoms with Crippen molar-refractivity contribution in [2.45, 2.75) is 58.7 Å². The van der Waals surface area contributed by atoms with Crippen LogP contribution in [-0.4, -0.2) is 48.3 Å². The van der Waals surface area contributed by atoms with E-state index in [4.69, 9.17) is 9.47 Å². The summed E-state index contributed by atoms with van der Waals surface area (Å²) in [5.41, 5.74) is 2.01. The summed E-state index contributed by atoms with van der Waals surface area (Å²) in [5, 5.41) is 5.51. The van der Waals surface area contributed by atoms with Crippen LogP contribution in [0.15, 0.2) is 24.3 Å². The highest BCUT2D eigenvalue weighted by Gasteiger charge is 2.29. The molecule has 0 aliphatic heterocycles. The van der Waals surface area contributed by atoms with Gasteiger partial charge in [0.1, 0.15) is 5.82 Å². The molecule has 1 unspecified atom stereocenters. The second kappa shape index (κ2) is 13.0. The number of pyridine rings is 2. The molecule has 11 heteroatoms. The monoisotopic (exact) mass is 496 g/mol. The Bertz CT molecular complexity index is 1010. The van der Waals surface area contributed by atoms with E-state index >= 15 is 0 Å². The molecule has 2 heterocycles. The van der Waals surface area contributed by atoms with Crippen LogP contribution in [0.1, 0.15) is 66.5 Å². The van der Waals surface area contributed by atoms with Crippen molar-refractivity contribution in [1.82, 2.24) is 15.3 Å². The fourth-order valence-corrected chi connectivity index (χ4v) is 3.38. The van der Waals surface area contributed by atoms with Crippen molar-refractivity contribution in [2.24, 2.45) is 0 Å². The van der Waals surface area contributed by atoms with Gasteiger partial charge in [-0.1, -0.05) is 6.42 Å². The van der Waals surface area contributed by atoms with Crippen molar-refractivity contribution < 1.29 is 32.2 Å². The van der Waals surface area contributed by atoms with E-state index < -0.39 is 24.7 Å². The Morgan fingerprint density at radius 2 is 1.86 bits per heavy atom. The molecule has 0 aromatic carbocycles. The number of anilines is 1. The second-order valence-corrected chi connectivity index (χ2v) is 8.15. The van der Waals surface area contributed by atoms with Gasteiger partial charge < -0.3 is 20.1 Å². The third-order valence-corrected chi connectivity index (χ3v) is 4.97. The van der Waals surface area contributed by atoms with Crippen molar-refractivity contribution in [3.05, 3.63) is 46.8 Å². The van der Waals surface area contributed by atoms with Crippen LogP contribution < -0.4 is 15.4 Å². The third-order valence-electron chi connectivity index (χ3n) is 4.97. The van der Waals surface area contributed by atoms with Crippen LogP contribution in [-0.2, 0) is 16.0 Å². The SMILES string of the molecule is COCCCCCc1nc(OCC(F)(F)F)ccc1C(=O)NC(C)c1cc(C)nc(NC(C)=O)c1. The lowest BCUT2D eigenvalue weighted by atomic mass is 10.0. The quantitative estimate of drug-likeness (QED) is 0.419. The van der Waals surface area contributed by atoms with Crippen LogP contribution in [0.2, 0.25) is 0 Å². The summed E-state index contributed by atoms with van der Waals surface area (Å²) < 4.78 is 47.4. The molecule has 0 spiro atoms. The number of aryl methyl sites for hydroxylation is 2. The number of methoxy groups -OCH3 is 1. The van der Waals surface area contributed by atoms with E-state index in [1.54, 1.807) is 33.1 Å². The first-order valence-electron chi connectivity index (χ1n) is 11.2. The van der Waals surface area contributed by atoms with Crippen LogP contribution in [0.3, 0.4) is 0 Å². The molecule has 2 rings (SSSR count). The van der Waals surface area contributed by atoms with Gasteiger partial charge in [0.25, 0.3) is 5.91 Å². The molecule has 0 saturated carbocycles. The highest BCUT2D eigenvalue weighted by atomic mass is 19.4. The van der Waals surface area contributed by atoms with Crippen LogP contribution in [0.25, 0.3) is 0 Å². The summed E-state index contributed by atoms with van der Waals surface area (Å²) in [4.78, 5) is 32.9. The van der Waals surface area contributed by atoms with E-state index in [0.717, 1.165) is 18.4 Å². The number of hydrogen-bond acceptors (Lipinski definition) is 6. The molecule has 2 N–H and O–H groups in total. The lowest BCUT2D eigenvalue weighted by Gasteiger charge is -2.18. The maximum absolute atomic E-state index is 13.1. The second-order valence-electron chi connectivity index (χ2n) is 8.15. The zero-order valence-electron chi connectivity index (χ0n) is 20.3. The Hall–Kier alpha value is -3.21. The minimum absolute atomic E-state index is 0.191. The summed E-state index contributed by atoms with van der Waals surface area (Å²) in [6, 6.07) is 5.70. The third kappa shape index (κ3) is 9.89. The smallest absolute Gasteiger partial charge is 0.422 e. The number of aromatic nitrogens is 2. The molecule has 8 nitrogen and oxygen atoms in total. The summed E-state index contributed by atoms with van der Waals surface area (Å²) >= 11 is 0. The molecule has 2 aromatic rings. The number of ether oxygens (including phenoxy) is 2. The van der Waals surface area contributed by atoms with Gasteiger partial charge in [0.2, 0.25) is 11.8 Å². The minimum Gasteiger partial charge on any atom is -0.468 e. The maximum Gasteiger partial charge on any atom is 0.422 e. The maximum atomic E-state index is 13.1. The first-order valence-corrected chi connectivity index (χ1v) is 11.2. The van der Waals surface area contributed by atoms with Gasteiger partial charge in [-0.2, -0.15) is 13.2 Å². The molecular formula is C24H31F3N4O4. The Labute approximate surface area is 202 Å². The number of carbonyl (C=O) groups is 2. The number of halogens is 3. The zero-order chi connectivity index (χ0) is 26.0. The summed E-state index contributed by atoms with van der Waals surface area (Å²) in [6.07, 6.45) is -1.80. The predicted molar refractivity (Wildman–Crippen MR) is 124 cm³/mol. The molecule has 0 saturated heterocycles. The molecule has 0 bridgehead atoms. The van der Waals surface area contributed by atoms with Crippen molar-refractivity contribution in [2.75, 3.05) is 25.6 Å². The fourth-order valence-electron chi connectivity index (χ4n) is 3.38. The van der Waals surface area contributed by atoms with E-state index in [1.807, 2.05) is 0 Å². The van der Waals surface area contributed by atoms with Gasteiger partial charge in [0, 0.05) is 32.4 Å². The topological polar surface area (TPSA) is 102 Å². The average molecular weight is 497 g/mol. The van der Waals surface area contributed by atoms with Crippen molar-refractivity contribution in [3.63, 3.8) is 0 Å². The molecule has 2 amide bonds. The van der Waals surface area contributed by atoms with Crippen LogP contribution in [0.5, 0.6) is 5.88 Å². The first-order chi connectivity index (χ1) is 16.5. The van der Waals surface area contributed by atoms with Crippen LogP contribution in [0.4, 0.5) is 19.0 Å². The Morgan fingerprint density at radius 1 is 1.11 bits per heavy atom. The van der Waals surface area contributed by atoms with Crippen molar-refractivity contribution >= 4 is 17.6 Å². The molecule has 35 heavy (non-hydrogen) atoms.